The number of benzene rings is 2. The highest BCUT2D eigenvalue weighted by molar-refractivity contribution is 6.54. The molecule has 2 rings (SSSR count). The van der Waals surface area contributed by atoms with Crippen LogP contribution in [0.4, 0.5) is 0 Å². The summed E-state index contributed by atoms with van der Waals surface area (Å²) in [7, 11) is -0.224. The Bertz CT molecular complexity index is 653. The average molecular weight is 313 g/mol. The summed E-state index contributed by atoms with van der Waals surface area (Å²) in [5.74, 6) is 0.419. The number of rotatable bonds is 4. The van der Waals surface area contributed by atoms with Crippen LogP contribution < -0.4 is 5.19 Å². The van der Waals surface area contributed by atoms with Gasteiger partial charge in [0.25, 0.3) is 0 Å². The Balaban J connectivity index is 2.05. The number of aromatic hydroxyl groups is 1. The molecule has 0 aliphatic carbocycles. The van der Waals surface area contributed by atoms with Gasteiger partial charge in [-0.1, -0.05) is 62.3 Å². The third-order valence-electron chi connectivity index (χ3n) is 4.50. The normalized spacial score (nSPS) is 12.2. The van der Waals surface area contributed by atoms with E-state index in [4.69, 9.17) is 0 Å². The van der Waals surface area contributed by atoms with Crippen LogP contribution in [-0.4, -0.2) is 14.6 Å². The van der Waals surface area contributed by atoms with Crippen LogP contribution in [0.2, 0.25) is 6.04 Å². The second kappa shape index (κ2) is 6.70. The quantitative estimate of drug-likeness (QED) is 0.852. The topological polar surface area (TPSA) is 20.2 Å². The molecule has 0 aliphatic heterocycles. The fraction of sp³-hybridized carbons (Fsp3) is 0.400. The van der Waals surface area contributed by atoms with Gasteiger partial charge in [0, 0.05) is 0 Å². The summed E-state index contributed by atoms with van der Waals surface area (Å²) in [6.45, 7) is 10.9. The van der Waals surface area contributed by atoms with Gasteiger partial charge in [-0.15, -0.1) is 0 Å². The zero-order valence-electron chi connectivity index (χ0n) is 14.5. The summed E-state index contributed by atoms with van der Waals surface area (Å²) < 4.78 is 0. The maximum absolute atomic E-state index is 10.0. The molecular formula is C20H28OSi. The van der Waals surface area contributed by atoms with Crippen molar-refractivity contribution in [1.82, 2.24) is 0 Å². The predicted molar refractivity (Wildman–Crippen MR) is 99.4 cm³/mol. The van der Waals surface area contributed by atoms with Crippen LogP contribution in [0.25, 0.3) is 0 Å². The third-order valence-corrected chi connectivity index (χ3v) is 6.51. The van der Waals surface area contributed by atoms with E-state index >= 15 is 0 Å². The largest absolute Gasteiger partial charge is 0.508 e. The summed E-state index contributed by atoms with van der Waals surface area (Å²) in [4.78, 5) is 0. The number of hydrogen-bond acceptors (Lipinski definition) is 1. The molecular weight excluding hydrogens is 284 g/mol. The van der Waals surface area contributed by atoms with Gasteiger partial charge in [-0.2, -0.15) is 0 Å². The summed E-state index contributed by atoms with van der Waals surface area (Å²) in [6, 6.07) is 14.1. The van der Waals surface area contributed by atoms with E-state index in [9.17, 15) is 5.11 Å². The second-order valence-corrected chi connectivity index (χ2v) is 9.28. The summed E-state index contributed by atoms with van der Waals surface area (Å²) in [6.07, 6.45) is 1.11. The van der Waals surface area contributed by atoms with Gasteiger partial charge >= 0.3 is 0 Å². The van der Waals surface area contributed by atoms with Crippen LogP contribution in [0.15, 0.2) is 36.4 Å². The first-order valence-electron chi connectivity index (χ1n) is 8.16. The molecule has 0 aromatic heterocycles. The molecule has 0 saturated carbocycles. The Morgan fingerprint density at radius 3 is 2.45 bits per heavy atom. The fourth-order valence-corrected chi connectivity index (χ4v) is 4.83. The molecule has 2 aromatic carbocycles. The molecule has 0 heterocycles. The molecule has 0 unspecified atom stereocenters. The molecule has 2 heteroatoms. The minimum Gasteiger partial charge on any atom is -0.508 e. The SMILES string of the molecule is Cc1cccc([SiH2]CCc2ccc(O)c(C(C)(C)C)c2)c1C. The van der Waals surface area contributed by atoms with Gasteiger partial charge in [-0.3, -0.25) is 0 Å². The molecule has 0 saturated heterocycles. The van der Waals surface area contributed by atoms with Gasteiger partial charge < -0.3 is 5.11 Å². The van der Waals surface area contributed by atoms with E-state index in [1.54, 1.807) is 5.19 Å². The molecule has 0 radical (unpaired) electrons. The third kappa shape index (κ3) is 4.01. The number of hydrogen-bond donors (Lipinski definition) is 1. The lowest BCUT2D eigenvalue weighted by atomic mass is 9.85. The monoisotopic (exact) mass is 312 g/mol. The molecule has 118 valence electrons. The Kier molecular flexibility index (Phi) is 5.12. The van der Waals surface area contributed by atoms with Crippen molar-refractivity contribution in [2.24, 2.45) is 0 Å². The van der Waals surface area contributed by atoms with Crippen molar-refractivity contribution in [3.63, 3.8) is 0 Å². The Morgan fingerprint density at radius 2 is 1.77 bits per heavy atom. The van der Waals surface area contributed by atoms with E-state index in [0.717, 1.165) is 12.0 Å². The van der Waals surface area contributed by atoms with Crippen molar-refractivity contribution in [1.29, 1.82) is 0 Å². The van der Waals surface area contributed by atoms with Gasteiger partial charge in [0.1, 0.15) is 5.75 Å². The van der Waals surface area contributed by atoms with Crippen LogP contribution in [0.3, 0.4) is 0 Å². The second-order valence-electron chi connectivity index (χ2n) is 7.31. The van der Waals surface area contributed by atoms with E-state index in [2.05, 4.69) is 65.0 Å². The van der Waals surface area contributed by atoms with Gasteiger partial charge in [0.2, 0.25) is 0 Å². The van der Waals surface area contributed by atoms with Crippen molar-refractivity contribution in [2.45, 2.75) is 52.5 Å². The average Bonchev–Trinajstić information content (AvgIpc) is 2.44. The van der Waals surface area contributed by atoms with Crippen molar-refractivity contribution < 1.29 is 5.11 Å². The first-order valence-corrected chi connectivity index (χ1v) is 9.87. The number of phenolic OH excluding ortho intramolecular Hbond substituents is 1. The minimum atomic E-state index is -0.224. The molecule has 0 aliphatic rings. The van der Waals surface area contributed by atoms with Gasteiger partial charge in [-0.05, 0) is 54.0 Å². The number of phenols is 1. The highest BCUT2D eigenvalue weighted by Crippen LogP contribution is 2.31. The van der Waals surface area contributed by atoms with Crippen molar-refractivity contribution in [2.75, 3.05) is 0 Å². The van der Waals surface area contributed by atoms with Crippen LogP contribution in [0.5, 0.6) is 5.75 Å². The molecule has 0 amide bonds. The van der Waals surface area contributed by atoms with Crippen LogP contribution in [-0.2, 0) is 11.8 Å². The molecule has 0 atom stereocenters. The number of aryl methyl sites for hydroxylation is 2. The molecule has 1 nitrogen and oxygen atoms in total. The van der Waals surface area contributed by atoms with Gasteiger partial charge in [0.05, 0.1) is 9.52 Å². The van der Waals surface area contributed by atoms with E-state index in [1.807, 2.05) is 6.07 Å². The zero-order chi connectivity index (χ0) is 16.3. The Morgan fingerprint density at radius 1 is 1.05 bits per heavy atom. The molecule has 1 N–H and O–H groups in total. The maximum atomic E-state index is 10.0. The first kappa shape index (κ1) is 16.8. The first-order chi connectivity index (χ1) is 10.3. The standard InChI is InChI=1S/C20H28OSi/c1-14-7-6-8-19(15(14)2)22-12-11-16-9-10-18(21)17(13-16)20(3,4)5/h6-10,13,21H,11-12,22H2,1-5H3. The molecule has 0 spiro atoms. The van der Waals surface area contributed by atoms with Crippen molar-refractivity contribution in [3.05, 3.63) is 58.7 Å². The van der Waals surface area contributed by atoms with E-state index < -0.39 is 0 Å². The van der Waals surface area contributed by atoms with Gasteiger partial charge in [-0.25, -0.2) is 0 Å². The van der Waals surface area contributed by atoms with Crippen molar-refractivity contribution >= 4 is 14.7 Å². The van der Waals surface area contributed by atoms with Crippen LogP contribution in [0.1, 0.15) is 43.0 Å². The maximum Gasteiger partial charge on any atom is 0.119 e. The molecule has 0 fully saturated rings. The lowest BCUT2D eigenvalue weighted by molar-refractivity contribution is 0.446. The lowest BCUT2D eigenvalue weighted by Gasteiger charge is -2.21. The van der Waals surface area contributed by atoms with Crippen molar-refractivity contribution in [3.8, 4) is 5.75 Å². The van der Waals surface area contributed by atoms with Crippen LogP contribution in [0, 0.1) is 13.8 Å². The summed E-state index contributed by atoms with van der Waals surface area (Å²) >= 11 is 0. The molecule has 22 heavy (non-hydrogen) atoms. The van der Waals surface area contributed by atoms with E-state index in [1.165, 1.54) is 22.7 Å². The zero-order valence-corrected chi connectivity index (χ0v) is 15.9. The Hall–Kier alpha value is -1.54. The minimum absolute atomic E-state index is 0.00927. The van der Waals surface area contributed by atoms with Crippen LogP contribution >= 0.6 is 0 Å². The highest BCUT2D eigenvalue weighted by atomic mass is 28.2. The Labute approximate surface area is 137 Å². The molecule has 0 bridgehead atoms. The molecule has 2 aromatic rings. The lowest BCUT2D eigenvalue weighted by Crippen LogP contribution is -2.18. The summed E-state index contributed by atoms with van der Waals surface area (Å²) in [5, 5.41) is 11.6. The smallest absolute Gasteiger partial charge is 0.119 e. The predicted octanol–water partition coefficient (Wildman–Crippen LogP) is 3.76. The highest BCUT2D eigenvalue weighted by Gasteiger charge is 2.18. The fourth-order valence-electron chi connectivity index (χ4n) is 2.91. The van der Waals surface area contributed by atoms with E-state index in [-0.39, 0.29) is 14.9 Å². The van der Waals surface area contributed by atoms with E-state index in [0.29, 0.717) is 5.75 Å². The summed E-state index contributed by atoms with van der Waals surface area (Å²) in [5.41, 5.74) is 5.28. The van der Waals surface area contributed by atoms with Gasteiger partial charge in [0.15, 0.2) is 0 Å².